The molecule has 22 heavy (non-hydrogen) atoms. The number of hydrogen-bond acceptors (Lipinski definition) is 4. The minimum atomic E-state index is -3.47. The summed E-state index contributed by atoms with van der Waals surface area (Å²) in [5.74, 6) is -0.00532. The van der Waals surface area contributed by atoms with Gasteiger partial charge in [0.05, 0.1) is 4.90 Å². The molecule has 1 atom stereocenters. The van der Waals surface area contributed by atoms with Crippen LogP contribution in [-0.4, -0.2) is 62.4 Å². The summed E-state index contributed by atoms with van der Waals surface area (Å²) in [6.07, 6.45) is 1.34. The van der Waals surface area contributed by atoms with E-state index in [0.717, 1.165) is 12.8 Å². The van der Waals surface area contributed by atoms with E-state index in [1.807, 2.05) is 0 Å². The molecule has 6 nitrogen and oxygen atoms in total. The molecule has 1 aromatic carbocycles. The first-order chi connectivity index (χ1) is 10.6. The van der Waals surface area contributed by atoms with E-state index < -0.39 is 10.0 Å². The Balaban J connectivity index is 1.63. The third kappa shape index (κ3) is 3.02. The van der Waals surface area contributed by atoms with Crippen LogP contribution < -0.4 is 0 Å². The molecule has 3 rings (SSSR count). The minimum absolute atomic E-state index is 0.00532. The van der Waals surface area contributed by atoms with Crippen molar-refractivity contribution in [1.29, 1.82) is 0 Å². The van der Waals surface area contributed by atoms with Crippen molar-refractivity contribution in [1.82, 2.24) is 9.21 Å². The lowest BCUT2D eigenvalue weighted by molar-refractivity contribution is -0.142. The van der Waals surface area contributed by atoms with Gasteiger partial charge in [-0.2, -0.15) is 4.31 Å². The molecule has 1 amide bonds. The Morgan fingerprint density at radius 2 is 1.77 bits per heavy atom. The van der Waals surface area contributed by atoms with E-state index in [1.54, 1.807) is 35.2 Å². The first-order valence-corrected chi connectivity index (χ1v) is 8.98. The van der Waals surface area contributed by atoms with E-state index in [1.165, 1.54) is 4.31 Å². The molecule has 0 spiro atoms. The second kappa shape index (κ2) is 6.36. The van der Waals surface area contributed by atoms with Gasteiger partial charge in [0.15, 0.2) is 0 Å². The van der Waals surface area contributed by atoms with E-state index in [2.05, 4.69) is 0 Å². The lowest BCUT2D eigenvalue weighted by atomic mass is 10.2. The second-order valence-corrected chi connectivity index (χ2v) is 7.48. The molecule has 2 saturated heterocycles. The average molecular weight is 324 g/mol. The molecule has 0 aliphatic carbocycles. The van der Waals surface area contributed by atoms with Crippen molar-refractivity contribution in [3.8, 4) is 0 Å². The average Bonchev–Trinajstić information content (AvgIpc) is 3.09. The van der Waals surface area contributed by atoms with Crippen molar-refractivity contribution in [3.05, 3.63) is 30.3 Å². The predicted octanol–water partition coefficient (Wildman–Crippen LogP) is 0.698. The smallest absolute Gasteiger partial charge is 0.251 e. The number of amides is 1. The van der Waals surface area contributed by atoms with Crippen LogP contribution in [0, 0.1) is 0 Å². The third-order valence-corrected chi connectivity index (χ3v) is 6.05. The predicted molar refractivity (Wildman–Crippen MR) is 80.8 cm³/mol. The minimum Gasteiger partial charge on any atom is -0.368 e. The lowest BCUT2D eigenvalue weighted by Gasteiger charge is -2.35. The number of carbonyl (C=O) groups excluding carboxylic acids is 1. The standard InChI is InChI=1S/C15H20N2O4S/c18-15(14-7-4-12-21-14)16-8-10-17(11-9-16)22(19,20)13-5-2-1-3-6-13/h1-3,5-6,14H,4,7-12H2/t14-/m0/s1. The van der Waals surface area contributed by atoms with E-state index in [0.29, 0.717) is 37.7 Å². The molecule has 2 heterocycles. The van der Waals surface area contributed by atoms with Crippen molar-refractivity contribution in [2.45, 2.75) is 23.8 Å². The summed E-state index contributed by atoms with van der Waals surface area (Å²) in [4.78, 5) is 14.3. The topological polar surface area (TPSA) is 66.9 Å². The van der Waals surface area contributed by atoms with Crippen LogP contribution in [0.25, 0.3) is 0 Å². The van der Waals surface area contributed by atoms with Crippen molar-refractivity contribution in [2.24, 2.45) is 0 Å². The van der Waals surface area contributed by atoms with Gasteiger partial charge in [0.2, 0.25) is 10.0 Å². The Hall–Kier alpha value is -1.44. The van der Waals surface area contributed by atoms with Gasteiger partial charge in [0, 0.05) is 32.8 Å². The molecule has 0 radical (unpaired) electrons. The molecular weight excluding hydrogens is 304 g/mol. The van der Waals surface area contributed by atoms with Crippen LogP contribution in [0.15, 0.2) is 35.2 Å². The van der Waals surface area contributed by atoms with Crippen molar-refractivity contribution in [3.63, 3.8) is 0 Å². The van der Waals surface area contributed by atoms with Crippen molar-refractivity contribution < 1.29 is 17.9 Å². The molecule has 0 unspecified atom stereocenters. The third-order valence-electron chi connectivity index (χ3n) is 4.14. The van der Waals surface area contributed by atoms with Gasteiger partial charge in [0.1, 0.15) is 6.10 Å². The number of carbonyl (C=O) groups is 1. The summed E-state index contributed by atoms with van der Waals surface area (Å²) in [6.45, 7) is 2.14. The zero-order valence-electron chi connectivity index (χ0n) is 12.3. The van der Waals surface area contributed by atoms with Gasteiger partial charge in [0.25, 0.3) is 5.91 Å². The van der Waals surface area contributed by atoms with Gasteiger partial charge in [-0.05, 0) is 25.0 Å². The molecule has 2 fully saturated rings. The highest BCUT2D eigenvalue weighted by atomic mass is 32.2. The Labute approximate surface area is 130 Å². The normalized spacial score (nSPS) is 23.6. The number of hydrogen-bond donors (Lipinski definition) is 0. The van der Waals surface area contributed by atoms with Crippen molar-refractivity contribution >= 4 is 15.9 Å². The van der Waals surface area contributed by atoms with Crippen LogP contribution in [0.3, 0.4) is 0 Å². The van der Waals surface area contributed by atoms with E-state index >= 15 is 0 Å². The van der Waals surface area contributed by atoms with Crippen LogP contribution in [0.1, 0.15) is 12.8 Å². The Morgan fingerprint density at radius 3 is 2.36 bits per heavy atom. The second-order valence-electron chi connectivity index (χ2n) is 5.54. The van der Waals surface area contributed by atoms with Gasteiger partial charge in [-0.25, -0.2) is 8.42 Å². The highest BCUT2D eigenvalue weighted by Crippen LogP contribution is 2.19. The molecule has 2 aliphatic rings. The van der Waals surface area contributed by atoms with Crippen molar-refractivity contribution in [2.75, 3.05) is 32.8 Å². The molecule has 1 aromatic rings. The van der Waals surface area contributed by atoms with Gasteiger partial charge in [-0.3, -0.25) is 4.79 Å². The largest absolute Gasteiger partial charge is 0.368 e. The quantitative estimate of drug-likeness (QED) is 0.821. The number of benzene rings is 1. The monoisotopic (exact) mass is 324 g/mol. The van der Waals surface area contributed by atoms with Gasteiger partial charge in [-0.15, -0.1) is 0 Å². The van der Waals surface area contributed by atoms with Crippen LogP contribution in [0.5, 0.6) is 0 Å². The zero-order valence-corrected chi connectivity index (χ0v) is 13.2. The van der Waals surface area contributed by atoms with Crippen LogP contribution in [0.4, 0.5) is 0 Å². The van der Waals surface area contributed by atoms with E-state index in [4.69, 9.17) is 4.74 Å². The summed E-state index contributed by atoms with van der Waals surface area (Å²) in [5, 5.41) is 0. The Morgan fingerprint density at radius 1 is 1.09 bits per heavy atom. The maximum absolute atomic E-state index is 12.5. The van der Waals surface area contributed by atoms with Gasteiger partial charge < -0.3 is 9.64 Å². The SMILES string of the molecule is O=C([C@@H]1CCCO1)N1CCN(S(=O)(=O)c2ccccc2)CC1. The first kappa shape index (κ1) is 15.5. The Kier molecular flexibility index (Phi) is 4.46. The first-order valence-electron chi connectivity index (χ1n) is 7.54. The fraction of sp³-hybridized carbons (Fsp3) is 0.533. The van der Waals surface area contributed by atoms with Gasteiger partial charge in [-0.1, -0.05) is 18.2 Å². The highest BCUT2D eigenvalue weighted by Gasteiger charge is 2.33. The van der Waals surface area contributed by atoms with Crippen LogP contribution >= 0.6 is 0 Å². The zero-order chi connectivity index (χ0) is 15.6. The summed E-state index contributed by atoms with van der Waals surface area (Å²) in [7, 11) is -3.47. The number of piperazine rings is 1. The van der Waals surface area contributed by atoms with E-state index in [9.17, 15) is 13.2 Å². The molecule has 0 N–H and O–H groups in total. The fourth-order valence-corrected chi connectivity index (χ4v) is 4.31. The summed E-state index contributed by atoms with van der Waals surface area (Å²) in [6, 6.07) is 8.41. The maximum atomic E-state index is 12.5. The summed E-state index contributed by atoms with van der Waals surface area (Å²) >= 11 is 0. The lowest BCUT2D eigenvalue weighted by Crippen LogP contribution is -2.52. The molecule has 0 aromatic heterocycles. The van der Waals surface area contributed by atoms with Gasteiger partial charge >= 0.3 is 0 Å². The summed E-state index contributed by atoms with van der Waals surface area (Å²) in [5.41, 5.74) is 0. The number of ether oxygens (including phenoxy) is 1. The molecular formula is C15H20N2O4S. The molecule has 120 valence electrons. The van der Waals surface area contributed by atoms with Crippen LogP contribution in [-0.2, 0) is 19.6 Å². The molecule has 7 heteroatoms. The van der Waals surface area contributed by atoms with E-state index in [-0.39, 0.29) is 12.0 Å². The fourth-order valence-electron chi connectivity index (χ4n) is 2.87. The molecule has 0 saturated carbocycles. The van der Waals surface area contributed by atoms with Crippen LogP contribution in [0.2, 0.25) is 0 Å². The number of nitrogens with zero attached hydrogens (tertiary/aromatic N) is 2. The number of sulfonamides is 1. The Bertz CT molecular complexity index is 618. The molecule has 0 bridgehead atoms. The highest BCUT2D eigenvalue weighted by molar-refractivity contribution is 7.89. The number of rotatable bonds is 3. The molecule has 2 aliphatic heterocycles. The summed E-state index contributed by atoms with van der Waals surface area (Å²) < 4.78 is 31.9. The maximum Gasteiger partial charge on any atom is 0.251 e.